The van der Waals surface area contributed by atoms with Gasteiger partial charge in [0, 0.05) is 30.6 Å². The topological polar surface area (TPSA) is 65.6 Å². The molecule has 0 saturated carbocycles. The number of nitrogens with zero attached hydrogens (tertiary/aromatic N) is 1. The van der Waals surface area contributed by atoms with Gasteiger partial charge >= 0.3 is 0 Å². The van der Waals surface area contributed by atoms with E-state index in [1.165, 1.54) is 14.2 Å². The fraction of sp³-hybridized carbons (Fsp3) is 0.308. The van der Waals surface area contributed by atoms with Crippen molar-refractivity contribution in [2.75, 3.05) is 14.2 Å². The predicted octanol–water partition coefficient (Wildman–Crippen LogP) is 1.09. The standard InChI is InChI=1S/C13H16N2O3/c1-15(18-2)13(17)12(16)7-9-8-14-11-6-4-3-5-10(9)11/h3-6,8,12,14,16H,7H2,1-2H3/t12-/m0/s1. The highest BCUT2D eigenvalue weighted by Crippen LogP contribution is 2.19. The molecule has 5 nitrogen and oxygen atoms in total. The number of benzene rings is 1. The summed E-state index contributed by atoms with van der Waals surface area (Å²) in [5, 5.41) is 11.9. The van der Waals surface area contributed by atoms with Crippen molar-refractivity contribution in [3.63, 3.8) is 0 Å². The fourth-order valence-electron chi connectivity index (χ4n) is 1.90. The van der Waals surface area contributed by atoms with Gasteiger partial charge in [-0.1, -0.05) is 18.2 Å². The van der Waals surface area contributed by atoms with Gasteiger partial charge in [0.1, 0.15) is 6.10 Å². The van der Waals surface area contributed by atoms with E-state index in [1.807, 2.05) is 30.5 Å². The molecule has 0 spiro atoms. The second kappa shape index (κ2) is 5.20. The van der Waals surface area contributed by atoms with Crippen LogP contribution in [0.2, 0.25) is 0 Å². The van der Waals surface area contributed by atoms with Gasteiger partial charge in [-0.15, -0.1) is 0 Å². The van der Waals surface area contributed by atoms with E-state index >= 15 is 0 Å². The number of aliphatic hydroxyl groups is 1. The first-order valence-corrected chi connectivity index (χ1v) is 5.68. The molecule has 0 aliphatic rings. The van der Waals surface area contributed by atoms with E-state index in [-0.39, 0.29) is 6.42 Å². The first-order valence-electron chi connectivity index (χ1n) is 5.68. The predicted molar refractivity (Wildman–Crippen MR) is 67.8 cm³/mol. The first-order chi connectivity index (χ1) is 8.63. The number of carbonyl (C=O) groups excluding carboxylic acids is 1. The van der Waals surface area contributed by atoms with E-state index in [0.717, 1.165) is 21.5 Å². The minimum absolute atomic E-state index is 0.260. The van der Waals surface area contributed by atoms with E-state index < -0.39 is 12.0 Å². The Morgan fingerprint density at radius 2 is 2.22 bits per heavy atom. The number of amides is 1. The molecule has 96 valence electrons. The van der Waals surface area contributed by atoms with E-state index in [4.69, 9.17) is 4.84 Å². The summed E-state index contributed by atoms with van der Waals surface area (Å²) in [4.78, 5) is 19.5. The van der Waals surface area contributed by atoms with Crippen molar-refractivity contribution in [3.05, 3.63) is 36.0 Å². The molecule has 2 N–H and O–H groups in total. The first kappa shape index (κ1) is 12.6. The van der Waals surface area contributed by atoms with E-state index in [1.54, 1.807) is 0 Å². The van der Waals surface area contributed by atoms with Gasteiger partial charge in [0.15, 0.2) is 0 Å². The normalized spacial score (nSPS) is 12.6. The number of carbonyl (C=O) groups is 1. The molecule has 0 fully saturated rings. The molecule has 1 atom stereocenters. The van der Waals surface area contributed by atoms with Crippen LogP contribution >= 0.6 is 0 Å². The highest BCUT2D eigenvalue weighted by molar-refractivity contribution is 5.85. The van der Waals surface area contributed by atoms with Crippen LogP contribution < -0.4 is 0 Å². The summed E-state index contributed by atoms with van der Waals surface area (Å²) in [6, 6.07) is 7.77. The number of hydroxylamine groups is 2. The van der Waals surface area contributed by atoms with Crippen LogP contribution in [-0.4, -0.2) is 41.3 Å². The van der Waals surface area contributed by atoms with Crippen LogP contribution in [0.15, 0.2) is 30.5 Å². The minimum Gasteiger partial charge on any atom is -0.383 e. The van der Waals surface area contributed by atoms with Crippen molar-refractivity contribution >= 4 is 16.8 Å². The number of fused-ring (bicyclic) bond motifs is 1. The number of rotatable bonds is 4. The van der Waals surface area contributed by atoms with Gasteiger partial charge in [0.25, 0.3) is 5.91 Å². The van der Waals surface area contributed by atoms with Crippen LogP contribution in [0, 0.1) is 0 Å². The highest BCUT2D eigenvalue weighted by Gasteiger charge is 2.21. The van der Waals surface area contributed by atoms with E-state index in [0.29, 0.717) is 0 Å². The molecular formula is C13H16N2O3. The van der Waals surface area contributed by atoms with Crippen LogP contribution in [-0.2, 0) is 16.1 Å². The monoisotopic (exact) mass is 248 g/mol. The fourth-order valence-corrected chi connectivity index (χ4v) is 1.90. The Kier molecular flexibility index (Phi) is 3.64. The van der Waals surface area contributed by atoms with Crippen molar-refractivity contribution in [2.24, 2.45) is 0 Å². The molecule has 0 radical (unpaired) electrons. The Labute approximate surface area is 105 Å². The molecule has 18 heavy (non-hydrogen) atoms. The molecule has 0 bridgehead atoms. The van der Waals surface area contributed by atoms with E-state index in [9.17, 15) is 9.90 Å². The molecule has 0 aliphatic carbocycles. The van der Waals surface area contributed by atoms with Crippen LogP contribution in [0.4, 0.5) is 0 Å². The summed E-state index contributed by atoms with van der Waals surface area (Å²) in [5.74, 6) is -0.456. The van der Waals surface area contributed by atoms with Crippen molar-refractivity contribution in [3.8, 4) is 0 Å². The molecular weight excluding hydrogens is 232 g/mol. The van der Waals surface area contributed by atoms with Crippen molar-refractivity contribution in [1.29, 1.82) is 0 Å². The summed E-state index contributed by atoms with van der Waals surface area (Å²) in [5.41, 5.74) is 1.91. The Balaban J connectivity index is 2.16. The third-order valence-electron chi connectivity index (χ3n) is 2.96. The van der Waals surface area contributed by atoms with Crippen molar-refractivity contribution < 1.29 is 14.7 Å². The molecule has 0 unspecified atom stereocenters. The molecule has 5 heteroatoms. The van der Waals surface area contributed by atoms with Crippen molar-refractivity contribution in [1.82, 2.24) is 10.0 Å². The van der Waals surface area contributed by atoms with Crippen LogP contribution in [0.25, 0.3) is 10.9 Å². The maximum Gasteiger partial charge on any atom is 0.274 e. The van der Waals surface area contributed by atoms with Gasteiger partial charge < -0.3 is 10.1 Å². The number of aromatic nitrogens is 1. The second-order valence-corrected chi connectivity index (χ2v) is 4.10. The lowest BCUT2D eigenvalue weighted by Gasteiger charge is -2.17. The quantitative estimate of drug-likeness (QED) is 0.796. The van der Waals surface area contributed by atoms with Gasteiger partial charge in [0.05, 0.1) is 7.11 Å². The summed E-state index contributed by atoms with van der Waals surface area (Å²) in [6.07, 6.45) is 0.971. The smallest absolute Gasteiger partial charge is 0.274 e. The van der Waals surface area contributed by atoms with Crippen molar-refractivity contribution in [2.45, 2.75) is 12.5 Å². The largest absolute Gasteiger partial charge is 0.383 e. The molecule has 2 rings (SSSR count). The average Bonchev–Trinajstić information content (AvgIpc) is 2.80. The molecule has 1 aromatic carbocycles. The van der Waals surface area contributed by atoms with Gasteiger partial charge in [-0.3, -0.25) is 9.63 Å². The number of para-hydroxylation sites is 1. The lowest BCUT2D eigenvalue weighted by atomic mass is 10.1. The minimum atomic E-state index is -1.10. The number of likely N-dealkylation sites (N-methyl/N-ethyl adjacent to an activating group) is 1. The van der Waals surface area contributed by atoms with Crippen LogP contribution in [0.5, 0.6) is 0 Å². The Morgan fingerprint density at radius 3 is 2.94 bits per heavy atom. The van der Waals surface area contributed by atoms with E-state index in [2.05, 4.69) is 4.98 Å². The number of H-pyrrole nitrogens is 1. The summed E-state index contributed by atoms with van der Waals surface area (Å²) in [7, 11) is 2.86. The maximum absolute atomic E-state index is 11.7. The Morgan fingerprint density at radius 1 is 1.50 bits per heavy atom. The Bertz CT molecular complexity index is 550. The zero-order valence-corrected chi connectivity index (χ0v) is 10.4. The average molecular weight is 248 g/mol. The molecule has 1 amide bonds. The molecule has 0 saturated heterocycles. The molecule has 1 aromatic heterocycles. The maximum atomic E-state index is 11.7. The highest BCUT2D eigenvalue weighted by atomic mass is 16.7. The zero-order valence-electron chi connectivity index (χ0n) is 10.4. The summed E-state index contributed by atoms with van der Waals surface area (Å²) < 4.78 is 0. The third kappa shape index (κ3) is 2.37. The second-order valence-electron chi connectivity index (χ2n) is 4.10. The molecule has 0 aliphatic heterocycles. The number of nitrogens with one attached hydrogen (secondary N) is 1. The number of aromatic amines is 1. The number of aliphatic hydroxyl groups excluding tert-OH is 1. The lowest BCUT2D eigenvalue weighted by molar-refractivity contribution is -0.177. The third-order valence-corrected chi connectivity index (χ3v) is 2.96. The van der Waals surface area contributed by atoms with Crippen LogP contribution in [0.3, 0.4) is 0 Å². The van der Waals surface area contributed by atoms with Gasteiger partial charge in [-0.2, -0.15) is 0 Å². The molecule has 1 heterocycles. The SMILES string of the molecule is CON(C)C(=O)[C@@H](O)Cc1c[nH]c2ccccc12. The van der Waals surface area contributed by atoms with Gasteiger partial charge in [-0.05, 0) is 11.6 Å². The van der Waals surface area contributed by atoms with Gasteiger partial charge in [-0.25, -0.2) is 5.06 Å². The summed E-state index contributed by atoms with van der Waals surface area (Å²) in [6.45, 7) is 0. The van der Waals surface area contributed by atoms with Gasteiger partial charge in [0.2, 0.25) is 0 Å². The Hall–Kier alpha value is -1.85. The molecule has 2 aromatic rings. The zero-order chi connectivity index (χ0) is 13.1. The summed E-state index contributed by atoms with van der Waals surface area (Å²) >= 11 is 0. The number of hydrogen-bond acceptors (Lipinski definition) is 3. The number of hydrogen-bond donors (Lipinski definition) is 2. The lowest BCUT2D eigenvalue weighted by Crippen LogP contribution is -2.36. The van der Waals surface area contributed by atoms with Crippen LogP contribution in [0.1, 0.15) is 5.56 Å².